The molecule has 3 amide bonds. The number of benzene rings is 2. The summed E-state index contributed by atoms with van der Waals surface area (Å²) in [5, 5.41) is 5.98. The number of hydrogen-bond acceptors (Lipinski definition) is 8. The van der Waals surface area contributed by atoms with Gasteiger partial charge in [0.15, 0.2) is 5.54 Å². The molecule has 4 atom stereocenters. The van der Waals surface area contributed by atoms with E-state index >= 15 is 0 Å². The minimum atomic E-state index is -1.62. The average molecular weight is 653 g/mol. The zero-order chi connectivity index (χ0) is 30.1. The second-order valence-electron chi connectivity index (χ2n) is 10.9. The van der Waals surface area contributed by atoms with E-state index in [4.69, 9.17) is 10.5 Å². The molecule has 2 saturated heterocycles. The molecule has 224 valence electrons. The van der Waals surface area contributed by atoms with Crippen LogP contribution in [0.5, 0.6) is 0 Å². The third kappa shape index (κ3) is 5.85. The highest BCUT2D eigenvalue weighted by Crippen LogP contribution is 2.40. The number of likely N-dealkylation sites (tertiary alicyclic amines) is 1. The number of amides is 3. The molecule has 0 bridgehead atoms. The quantitative estimate of drug-likeness (QED) is 0.245. The van der Waals surface area contributed by atoms with Crippen LogP contribution in [0.3, 0.4) is 0 Å². The summed E-state index contributed by atoms with van der Waals surface area (Å²) >= 11 is 3.25. The summed E-state index contributed by atoms with van der Waals surface area (Å²) in [5.41, 5.74) is 14.1. The van der Waals surface area contributed by atoms with Crippen molar-refractivity contribution in [3.63, 3.8) is 0 Å². The van der Waals surface area contributed by atoms with Gasteiger partial charge in [0.25, 0.3) is 0 Å². The maximum Gasteiger partial charge on any atom is 0.248 e. The molecule has 2 fully saturated rings. The first-order valence-corrected chi connectivity index (χ1v) is 14.8. The first-order chi connectivity index (χ1) is 20.7. The lowest BCUT2D eigenvalue weighted by Crippen LogP contribution is -2.54. The highest BCUT2D eigenvalue weighted by atomic mass is 79.9. The van der Waals surface area contributed by atoms with Gasteiger partial charge in [-0.1, -0.05) is 36.4 Å². The van der Waals surface area contributed by atoms with Gasteiger partial charge in [0.05, 0.1) is 31.4 Å². The summed E-state index contributed by atoms with van der Waals surface area (Å²) < 4.78 is 21.0. The predicted octanol–water partition coefficient (Wildman–Crippen LogP) is 2.75. The van der Waals surface area contributed by atoms with Gasteiger partial charge >= 0.3 is 0 Å². The molecular weight excluding hydrogens is 621 g/mol. The van der Waals surface area contributed by atoms with Gasteiger partial charge in [0.1, 0.15) is 22.6 Å². The molecule has 43 heavy (non-hydrogen) atoms. The number of ether oxygens (including phenoxy) is 1. The Kier molecular flexibility index (Phi) is 8.14. The largest absolute Gasteiger partial charge is 0.371 e. The van der Waals surface area contributed by atoms with E-state index in [0.717, 1.165) is 29.8 Å². The molecule has 2 unspecified atom stereocenters. The number of nitrogens with one attached hydrogen (secondary N) is 4. The fourth-order valence-corrected chi connectivity index (χ4v) is 6.19. The molecule has 3 aromatic rings. The van der Waals surface area contributed by atoms with Crippen LogP contribution in [-0.4, -0.2) is 66.1 Å². The number of hydrazine groups is 1. The monoisotopic (exact) mass is 651 g/mol. The molecule has 2 aromatic carbocycles. The van der Waals surface area contributed by atoms with Crippen molar-refractivity contribution < 1.29 is 23.5 Å². The van der Waals surface area contributed by atoms with Crippen molar-refractivity contribution in [1.29, 1.82) is 0 Å². The first-order valence-electron chi connectivity index (χ1n) is 14.0. The Hall–Kier alpha value is -3.91. The number of alkyl halides is 1. The second kappa shape index (κ2) is 12.0. The molecule has 13 heteroatoms. The number of halogens is 2. The fraction of sp³-hybridized carbons (Fsp3) is 0.333. The van der Waals surface area contributed by atoms with Gasteiger partial charge in [-0.15, -0.1) is 0 Å². The number of nitrogens with zero attached hydrogens (tertiary/aromatic N) is 2. The van der Waals surface area contributed by atoms with Crippen LogP contribution in [0.25, 0.3) is 11.1 Å². The number of primary amides is 1. The van der Waals surface area contributed by atoms with Crippen molar-refractivity contribution in [3.8, 4) is 11.1 Å². The summed E-state index contributed by atoms with van der Waals surface area (Å²) in [5.74, 6) is -1.66. The standard InChI is InChI=1S/C30H31BrFN7O4/c31-25-2-1-3-26(35-25)36-28(41)23-13-20(32)16-39(23)27(40)14-30(29(33)42)21-12-19(8-9-22(21)37-38-30)17-4-6-18(7-5-17)24-15-34-10-11-43-24/h1-9,12,20,23-24,34,37-38H,10-11,13-16H2,(H2,33,42)(H,35,36,41)/t20-,23+,24?,30?/m1/s1. The number of nitrogens with two attached hydrogens (primary N) is 1. The maximum atomic E-state index is 14.6. The number of rotatable bonds is 7. The van der Waals surface area contributed by atoms with Crippen molar-refractivity contribution >= 4 is 45.2 Å². The summed E-state index contributed by atoms with van der Waals surface area (Å²) in [4.78, 5) is 45.2. The zero-order valence-corrected chi connectivity index (χ0v) is 24.7. The highest BCUT2D eigenvalue weighted by Gasteiger charge is 2.49. The Bertz CT molecular complexity index is 1550. The van der Waals surface area contributed by atoms with Crippen LogP contribution in [0.2, 0.25) is 0 Å². The number of anilines is 2. The van der Waals surface area contributed by atoms with Gasteiger partial charge in [-0.05, 0) is 56.9 Å². The number of hydrogen-bond donors (Lipinski definition) is 5. The lowest BCUT2D eigenvalue weighted by Gasteiger charge is -2.30. The lowest BCUT2D eigenvalue weighted by atomic mass is 9.84. The van der Waals surface area contributed by atoms with Gasteiger partial charge in [-0.25, -0.2) is 14.8 Å². The van der Waals surface area contributed by atoms with E-state index in [-0.39, 0.29) is 24.9 Å². The number of carbonyl (C=O) groups is 3. The Morgan fingerprint density at radius 2 is 1.93 bits per heavy atom. The summed E-state index contributed by atoms with van der Waals surface area (Å²) in [6.07, 6.45) is -2.00. The fourth-order valence-electron chi connectivity index (χ4n) is 5.84. The molecule has 11 nitrogen and oxygen atoms in total. The van der Waals surface area contributed by atoms with Gasteiger partial charge in [0, 0.05) is 25.1 Å². The molecule has 1 aromatic heterocycles. The van der Waals surface area contributed by atoms with Crippen molar-refractivity contribution in [2.24, 2.45) is 5.73 Å². The molecule has 0 radical (unpaired) electrons. The molecule has 6 N–H and O–H groups in total. The normalized spacial score (nSPS) is 24.7. The third-order valence-corrected chi connectivity index (χ3v) is 8.55. The number of carbonyl (C=O) groups excluding carboxylic acids is 3. The van der Waals surface area contributed by atoms with E-state index < -0.39 is 41.9 Å². The van der Waals surface area contributed by atoms with Crippen LogP contribution in [-0.2, 0) is 24.7 Å². The molecule has 0 spiro atoms. The van der Waals surface area contributed by atoms with Crippen molar-refractivity contribution in [1.82, 2.24) is 20.6 Å². The van der Waals surface area contributed by atoms with E-state index in [2.05, 4.69) is 42.4 Å². The van der Waals surface area contributed by atoms with Gasteiger partial charge in [0.2, 0.25) is 17.7 Å². The topological polar surface area (TPSA) is 151 Å². The van der Waals surface area contributed by atoms with Crippen LogP contribution in [0.1, 0.15) is 30.1 Å². The number of fused-ring (bicyclic) bond motifs is 1. The van der Waals surface area contributed by atoms with E-state index in [1.807, 2.05) is 42.5 Å². The van der Waals surface area contributed by atoms with Crippen molar-refractivity contribution in [2.75, 3.05) is 37.0 Å². The molecule has 6 rings (SSSR count). The predicted molar refractivity (Wildman–Crippen MR) is 161 cm³/mol. The molecule has 3 aliphatic heterocycles. The number of morpholine rings is 1. The second-order valence-corrected chi connectivity index (χ2v) is 11.7. The molecule has 3 aliphatic rings. The van der Waals surface area contributed by atoms with Gasteiger partial charge < -0.3 is 31.4 Å². The van der Waals surface area contributed by atoms with E-state index in [9.17, 15) is 18.8 Å². The molecular formula is C30H31BrFN7O4. The Balaban J connectivity index is 1.23. The first kappa shape index (κ1) is 29.2. The molecule has 0 aliphatic carbocycles. The zero-order valence-electron chi connectivity index (χ0n) is 23.1. The number of pyridine rings is 1. The van der Waals surface area contributed by atoms with Crippen LogP contribution >= 0.6 is 15.9 Å². The van der Waals surface area contributed by atoms with Crippen LogP contribution in [0.15, 0.2) is 65.3 Å². The minimum absolute atomic E-state index is 0.0176. The smallest absolute Gasteiger partial charge is 0.248 e. The summed E-state index contributed by atoms with van der Waals surface area (Å²) in [6, 6.07) is 17.4. The van der Waals surface area contributed by atoms with Gasteiger partial charge in [-0.2, -0.15) is 0 Å². The van der Waals surface area contributed by atoms with Gasteiger partial charge in [-0.3, -0.25) is 14.4 Å². The lowest BCUT2D eigenvalue weighted by molar-refractivity contribution is -0.140. The minimum Gasteiger partial charge on any atom is -0.371 e. The molecule has 4 heterocycles. The van der Waals surface area contributed by atoms with E-state index in [1.165, 1.54) is 4.90 Å². The SMILES string of the molecule is NC(=O)C1(CC(=O)N2C[C@H](F)C[C@H]2C(=O)Nc2cccc(Br)n2)NNc2ccc(-c3ccc(C4CNCCO4)cc3)cc21. The Labute approximate surface area is 255 Å². The molecule has 0 saturated carbocycles. The van der Waals surface area contributed by atoms with E-state index in [1.54, 1.807) is 18.2 Å². The Morgan fingerprint density at radius 1 is 1.14 bits per heavy atom. The Morgan fingerprint density at radius 3 is 2.65 bits per heavy atom. The highest BCUT2D eigenvalue weighted by molar-refractivity contribution is 9.10. The summed E-state index contributed by atoms with van der Waals surface area (Å²) in [6.45, 7) is 1.96. The maximum absolute atomic E-state index is 14.6. The summed E-state index contributed by atoms with van der Waals surface area (Å²) in [7, 11) is 0. The van der Waals surface area contributed by atoms with Crippen molar-refractivity contribution in [2.45, 2.75) is 36.7 Å². The van der Waals surface area contributed by atoms with Crippen molar-refractivity contribution in [3.05, 3.63) is 76.4 Å². The van der Waals surface area contributed by atoms with Crippen LogP contribution in [0, 0.1) is 0 Å². The van der Waals surface area contributed by atoms with Crippen LogP contribution < -0.4 is 27.2 Å². The third-order valence-electron chi connectivity index (χ3n) is 8.11. The number of aromatic nitrogens is 1. The van der Waals surface area contributed by atoms with Crippen LogP contribution in [0.4, 0.5) is 15.9 Å². The van der Waals surface area contributed by atoms with E-state index in [0.29, 0.717) is 22.5 Å². The average Bonchev–Trinajstić information content (AvgIpc) is 3.59.